The van der Waals surface area contributed by atoms with E-state index in [0.717, 1.165) is 25.9 Å². The van der Waals surface area contributed by atoms with Crippen molar-refractivity contribution in [3.05, 3.63) is 0 Å². The number of carbonyl (C=O) groups excluding carboxylic acids is 1. The van der Waals surface area contributed by atoms with Crippen LogP contribution in [0.3, 0.4) is 0 Å². The first-order valence-corrected chi connectivity index (χ1v) is 7.00. The molecule has 0 aliphatic carbocycles. The van der Waals surface area contributed by atoms with Gasteiger partial charge in [-0.05, 0) is 18.8 Å². The van der Waals surface area contributed by atoms with E-state index in [1.165, 1.54) is 11.8 Å². The monoisotopic (exact) mass is 260 g/mol. The van der Waals surface area contributed by atoms with Crippen molar-refractivity contribution in [1.82, 2.24) is 4.90 Å². The number of nitrogens with zero attached hydrogens (tertiary/aromatic N) is 1. The summed E-state index contributed by atoms with van der Waals surface area (Å²) < 4.78 is 0. The van der Waals surface area contributed by atoms with Gasteiger partial charge in [-0.1, -0.05) is 6.92 Å². The number of thioether (sulfide) groups is 1. The number of carboxylic acids is 1. The van der Waals surface area contributed by atoms with Crippen molar-refractivity contribution in [1.29, 1.82) is 0 Å². The normalized spacial score (nSPS) is 19.1. The number of piperidine rings is 1. The van der Waals surface area contributed by atoms with Crippen molar-refractivity contribution in [2.75, 3.05) is 24.6 Å². The fourth-order valence-electron chi connectivity index (χ4n) is 1.69. The summed E-state index contributed by atoms with van der Waals surface area (Å²) in [5.74, 6) is 0.393. The third kappa shape index (κ3) is 4.95. The summed E-state index contributed by atoms with van der Waals surface area (Å²) in [7, 11) is 0. The second-order valence-corrected chi connectivity index (χ2v) is 5.55. The van der Waals surface area contributed by atoms with Crippen LogP contribution in [-0.2, 0) is 9.59 Å². The molecule has 1 rings (SSSR count). The van der Waals surface area contributed by atoms with Crippen LogP contribution >= 0.6 is 11.8 Å². The molecule has 1 atom stereocenters. The van der Waals surface area contributed by atoms with Crippen LogP contribution < -0.4 is 5.73 Å². The van der Waals surface area contributed by atoms with Crippen molar-refractivity contribution in [3.63, 3.8) is 0 Å². The second kappa shape index (κ2) is 6.86. The van der Waals surface area contributed by atoms with E-state index in [2.05, 4.69) is 6.92 Å². The molecule has 6 heteroatoms. The lowest BCUT2D eigenvalue weighted by molar-refractivity contribution is -0.138. The topological polar surface area (TPSA) is 83.6 Å². The number of carboxylic acid groups (broad SMARTS) is 1. The quantitative estimate of drug-likeness (QED) is 0.747. The van der Waals surface area contributed by atoms with E-state index in [1.807, 2.05) is 4.90 Å². The third-order valence-electron chi connectivity index (χ3n) is 2.98. The van der Waals surface area contributed by atoms with Gasteiger partial charge in [0.25, 0.3) is 0 Å². The molecule has 1 fully saturated rings. The maximum Gasteiger partial charge on any atom is 0.321 e. The van der Waals surface area contributed by atoms with Crippen molar-refractivity contribution < 1.29 is 14.7 Å². The Balaban J connectivity index is 2.19. The lowest BCUT2D eigenvalue weighted by atomic mass is 9.99. The maximum absolute atomic E-state index is 11.8. The van der Waals surface area contributed by atoms with Gasteiger partial charge >= 0.3 is 5.97 Å². The maximum atomic E-state index is 11.8. The first-order valence-electron chi connectivity index (χ1n) is 5.84. The minimum Gasteiger partial charge on any atom is -0.480 e. The highest BCUT2D eigenvalue weighted by molar-refractivity contribution is 8.00. The van der Waals surface area contributed by atoms with Gasteiger partial charge in [-0.3, -0.25) is 9.59 Å². The average molecular weight is 260 g/mol. The number of hydrogen-bond acceptors (Lipinski definition) is 4. The Labute approximate surface area is 106 Å². The van der Waals surface area contributed by atoms with Gasteiger partial charge in [-0.15, -0.1) is 11.8 Å². The fraction of sp³-hybridized carbons (Fsp3) is 0.818. The summed E-state index contributed by atoms with van der Waals surface area (Å²) in [6.07, 6.45) is 2.12. The minimum atomic E-state index is -1.02. The van der Waals surface area contributed by atoms with Crippen molar-refractivity contribution in [3.8, 4) is 0 Å². The number of hydrogen-bond donors (Lipinski definition) is 2. The summed E-state index contributed by atoms with van der Waals surface area (Å²) in [5, 5.41) is 8.59. The Morgan fingerprint density at radius 1 is 1.47 bits per heavy atom. The summed E-state index contributed by atoms with van der Waals surface area (Å²) in [6.45, 7) is 3.85. The minimum absolute atomic E-state index is 0.0967. The van der Waals surface area contributed by atoms with E-state index in [0.29, 0.717) is 11.7 Å². The van der Waals surface area contributed by atoms with Crippen LogP contribution in [0.5, 0.6) is 0 Å². The second-order valence-electron chi connectivity index (χ2n) is 4.52. The van der Waals surface area contributed by atoms with Gasteiger partial charge in [0.05, 0.1) is 5.75 Å². The standard InChI is InChI=1S/C11H20N2O3S/c1-8-2-4-13(5-3-8)10(14)7-17-6-9(12)11(15)16/h8-9H,2-7,12H2,1H3,(H,15,16)/t9-/m1/s1. The molecule has 1 amide bonds. The molecule has 1 saturated heterocycles. The third-order valence-corrected chi connectivity index (χ3v) is 4.02. The number of nitrogens with two attached hydrogens (primary N) is 1. The molecule has 1 heterocycles. The van der Waals surface area contributed by atoms with Crippen LogP contribution in [0.25, 0.3) is 0 Å². The van der Waals surface area contributed by atoms with Crippen molar-refractivity contribution >= 4 is 23.6 Å². The van der Waals surface area contributed by atoms with Gasteiger partial charge in [-0.25, -0.2) is 0 Å². The molecule has 17 heavy (non-hydrogen) atoms. The van der Waals surface area contributed by atoms with Crippen molar-refractivity contribution in [2.24, 2.45) is 11.7 Å². The van der Waals surface area contributed by atoms with Crippen molar-refractivity contribution in [2.45, 2.75) is 25.8 Å². The molecular formula is C11H20N2O3S. The van der Waals surface area contributed by atoms with E-state index in [1.54, 1.807) is 0 Å². The van der Waals surface area contributed by atoms with Gasteiger partial charge in [0.15, 0.2) is 0 Å². The van der Waals surface area contributed by atoms with E-state index in [9.17, 15) is 9.59 Å². The number of aliphatic carboxylic acids is 1. The Morgan fingerprint density at radius 3 is 2.59 bits per heavy atom. The molecule has 3 N–H and O–H groups in total. The van der Waals surface area contributed by atoms with Gasteiger partial charge in [0.1, 0.15) is 6.04 Å². The zero-order chi connectivity index (χ0) is 12.8. The fourth-order valence-corrected chi connectivity index (χ4v) is 2.57. The first-order chi connectivity index (χ1) is 8.00. The number of amides is 1. The SMILES string of the molecule is CC1CCN(C(=O)CSC[C@@H](N)C(=O)O)CC1. The zero-order valence-electron chi connectivity index (χ0n) is 10.1. The number of carbonyl (C=O) groups is 2. The van der Waals surface area contributed by atoms with E-state index in [-0.39, 0.29) is 11.7 Å². The summed E-state index contributed by atoms with van der Waals surface area (Å²) in [6, 6.07) is -0.880. The van der Waals surface area contributed by atoms with Crippen LogP contribution in [0.2, 0.25) is 0 Å². The Hall–Kier alpha value is -0.750. The van der Waals surface area contributed by atoms with Gasteiger partial charge in [-0.2, -0.15) is 0 Å². The molecule has 1 aliphatic heterocycles. The predicted octanol–water partition coefficient (Wildman–Crippen LogP) is 0.390. The van der Waals surface area contributed by atoms with Crippen LogP contribution in [0.15, 0.2) is 0 Å². The predicted molar refractivity (Wildman–Crippen MR) is 67.9 cm³/mol. The molecule has 0 aromatic heterocycles. The molecule has 0 saturated carbocycles. The Morgan fingerprint density at radius 2 is 2.06 bits per heavy atom. The van der Waals surface area contributed by atoms with E-state index >= 15 is 0 Å². The molecule has 0 aromatic rings. The molecule has 0 spiro atoms. The summed E-state index contributed by atoms with van der Waals surface area (Å²) >= 11 is 1.30. The molecule has 1 aliphatic rings. The van der Waals surface area contributed by atoms with Gasteiger partial charge in [0, 0.05) is 18.8 Å². The molecule has 0 aromatic carbocycles. The van der Waals surface area contributed by atoms with Gasteiger partial charge < -0.3 is 15.7 Å². The van der Waals surface area contributed by atoms with Gasteiger partial charge in [0.2, 0.25) is 5.91 Å². The molecule has 0 bridgehead atoms. The lowest BCUT2D eigenvalue weighted by Gasteiger charge is -2.30. The van der Waals surface area contributed by atoms with E-state index in [4.69, 9.17) is 10.8 Å². The highest BCUT2D eigenvalue weighted by atomic mass is 32.2. The average Bonchev–Trinajstić information content (AvgIpc) is 2.29. The smallest absolute Gasteiger partial charge is 0.321 e. The zero-order valence-corrected chi connectivity index (χ0v) is 10.9. The number of rotatable bonds is 5. The highest BCUT2D eigenvalue weighted by Gasteiger charge is 2.20. The summed E-state index contributed by atoms with van der Waals surface area (Å²) in [5.41, 5.74) is 5.35. The molecular weight excluding hydrogens is 240 g/mol. The summed E-state index contributed by atoms with van der Waals surface area (Å²) in [4.78, 5) is 24.1. The van der Waals surface area contributed by atoms with E-state index < -0.39 is 12.0 Å². The van der Waals surface area contributed by atoms with Crippen LogP contribution in [0.4, 0.5) is 0 Å². The largest absolute Gasteiger partial charge is 0.480 e. The highest BCUT2D eigenvalue weighted by Crippen LogP contribution is 2.17. The first kappa shape index (κ1) is 14.3. The molecule has 0 unspecified atom stereocenters. The molecule has 0 radical (unpaired) electrons. The van der Waals surface area contributed by atoms with Crippen LogP contribution in [-0.4, -0.2) is 52.5 Å². The Kier molecular flexibility index (Phi) is 5.77. The van der Waals surface area contributed by atoms with Crippen LogP contribution in [0, 0.1) is 5.92 Å². The lowest BCUT2D eigenvalue weighted by Crippen LogP contribution is -2.39. The van der Waals surface area contributed by atoms with Crippen LogP contribution in [0.1, 0.15) is 19.8 Å². The Bertz CT molecular complexity index is 278. The number of likely N-dealkylation sites (tertiary alicyclic amines) is 1. The molecule has 98 valence electrons. The molecule has 5 nitrogen and oxygen atoms in total.